The fourth-order valence-electron chi connectivity index (χ4n) is 1.79. The lowest BCUT2D eigenvalue weighted by Crippen LogP contribution is -2.35. The number of allylic oxidation sites excluding steroid dienone is 1. The SMILES string of the molecule is CC1(/C=C(\NC(=O)OC(C)(C)C)C(=O)O)CCC1. The van der Waals surface area contributed by atoms with Gasteiger partial charge in [0.15, 0.2) is 0 Å². The Labute approximate surface area is 107 Å². The first-order valence-electron chi connectivity index (χ1n) is 6.07. The molecule has 0 spiro atoms. The van der Waals surface area contributed by atoms with E-state index >= 15 is 0 Å². The van der Waals surface area contributed by atoms with Gasteiger partial charge in [-0.2, -0.15) is 0 Å². The van der Waals surface area contributed by atoms with Crippen molar-refractivity contribution in [2.45, 2.75) is 52.6 Å². The molecule has 0 heterocycles. The summed E-state index contributed by atoms with van der Waals surface area (Å²) in [5, 5.41) is 11.4. The molecule has 0 aromatic heterocycles. The highest BCUT2D eigenvalue weighted by molar-refractivity contribution is 5.90. The topological polar surface area (TPSA) is 75.6 Å². The van der Waals surface area contributed by atoms with E-state index in [1.165, 1.54) is 0 Å². The van der Waals surface area contributed by atoms with Crippen molar-refractivity contribution in [1.29, 1.82) is 0 Å². The molecule has 1 rings (SSSR count). The molecule has 1 aliphatic carbocycles. The van der Waals surface area contributed by atoms with E-state index in [0.717, 1.165) is 19.3 Å². The van der Waals surface area contributed by atoms with Crippen LogP contribution in [0.15, 0.2) is 11.8 Å². The molecule has 5 heteroatoms. The van der Waals surface area contributed by atoms with Crippen LogP contribution in [0.4, 0.5) is 4.79 Å². The first-order valence-corrected chi connectivity index (χ1v) is 6.07. The quantitative estimate of drug-likeness (QED) is 0.760. The van der Waals surface area contributed by atoms with Gasteiger partial charge in [0.1, 0.15) is 11.3 Å². The van der Waals surface area contributed by atoms with E-state index in [9.17, 15) is 9.59 Å². The molecule has 0 aliphatic heterocycles. The summed E-state index contributed by atoms with van der Waals surface area (Å²) in [5.74, 6) is -1.14. The Morgan fingerprint density at radius 2 is 1.89 bits per heavy atom. The average Bonchev–Trinajstić information content (AvgIpc) is 2.10. The lowest BCUT2D eigenvalue weighted by Gasteiger charge is -2.35. The van der Waals surface area contributed by atoms with Gasteiger partial charge >= 0.3 is 12.1 Å². The van der Waals surface area contributed by atoms with Crippen LogP contribution in [0.2, 0.25) is 0 Å². The van der Waals surface area contributed by atoms with Crippen LogP contribution in [0.5, 0.6) is 0 Å². The fraction of sp³-hybridized carbons (Fsp3) is 0.692. The van der Waals surface area contributed by atoms with E-state index in [1.54, 1.807) is 26.8 Å². The zero-order valence-electron chi connectivity index (χ0n) is 11.4. The molecular formula is C13H21NO4. The van der Waals surface area contributed by atoms with Crippen molar-refractivity contribution < 1.29 is 19.4 Å². The number of carbonyl (C=O) groups is 2. The summed E-state index contributed by atoms with van der Waals surface area (Å²) in [4.78, 5) is 22.6. The standard InChI is InChI=1S/C13H21NO4/c1-12(2,3)18-11(17)14-9(10(15)16)8-13(4)6-5-7-13/h8H,5-7H2,1-4H3,(H,14,17)(H,15,16)/b9-8-. The third-order valence-corrected chi connectivity index (χ3v) is 2.85. The van der Waals surface area contributed by atoms with Gasteiger partial charge in [-0.15, -0.1) is 0 Å². The van der Waals surface area contributed by atoms with E-state index < -0.39 is 17.7 Å². The Morgan fingerprint density at radius 3 is 2.22 bits per heavy atom. The number of ether oxygens (including phenoxy) is 1. The summed E-state index contributed by atoms with van der Waals surface area (Å²) < 4.78 is 5.03. The summed E-state index contributed by atoms with van der Waals surface area (Å²) in [6.45, 7) is 7.16. The van der Waals surface area contributed by atoms with Gasteiger partial charge in [-0.05, 0) is 45.1 Å². The Hall–Kier alpha value is -1.52. The second-order valence-electron chi connectivity index (χ2n) is 6.00. The van der Waals surface area contributed by atoms with Crippen LogP contribution in [-0.2, 0) is 9.53 Å². The van der Waals surface area contributed by atoms with Crippen LogP contribution < -0.4 is 5.32 Å². The minimum atomic E-state index is -1.14. The van der Waals surface area contributed by atoms with E-state index in [0.29, 0.717) is 0 Å². The number of carboxylic acid groups (broad SMARTS) is 1. The van der Waals surface area contributed by atoms with Crippen LogP contribution >= 0.6 is 0 Å². The van der Waals surface area contributed by atoms with E-state index in [2.05, 4.69) is 5.32 Å². The number of nitrogens with one attached hydrogen (secondary N) is 1. The first-order chi connectivity index (χ1) is 8.11. The van der Waals surface area contributed by atoms with Gasteiger partial charge in [0, 0.05) is 0 Å². The largest absolute Gasteiger partial charge is 0.477 e. The maximum absolute atomic E-state index is 11.5. The summed E-state index contributed by atoms with van der Waals surface area (Å²) in [6, 6.07) is 0. The van der Waals surface area contributed by atoms with E-state index in [4.69, 9.17) is 9.84 Å². The summed E-state index contributed by atoms with van der Waals surface area (Å²) in [6.07, 6.45) is 3.85. The third kappa shape index (κ3) is 4.39. The molecule has 0 unspecified atom stereocenters. The molecule has 18 heavy (non-hydrogen) atoms. The molecule has 1 amide bonds. The number of hydrogen-bond acceptors (Lipinski definition) is 3. The highest BCUT2D eigenvalue weighted by atomic mass is 16.6. The van der Waals surface area contributed by atoms with Crippen molar-refractivity contribution in [3.8, 4) is 0 Å². The van der Waals surface area contributed by atoms with Gasteiger partial charge in [-0.3, -0.25) is 5.32 Å². The molecule has 0 aromatic rings. The molecule has 1 aliphatic rings. The summed E-state index contributed by atoms with van der Waals surface area (Å²) in [5.41, 5.74) is -0.872. The predicted octanol–water partition coefficient (Wildman–Crippen LogP) is 2.67. The summed E-state index contributed by atoms with van der Waals surface area (Å²) >= 11 is 0. The Morgan fingerprint density at radius 1 is 1.33 bits per heavy atom. The Balaban J connectivity index is 2.70. The fourth-order valence-corrected chi connectivity index (χ4v) is 1.79. The van der Waals surface area contributed by atoms with E-state index in [1.807, 2.05) is 6.92 Å². The molecule has 2 N–H and O–H groups in total. The van der Waals surface area contributed by atoms with Gasteiger partial charge in [0.05, 0.1) is 0 Å². The average molecular weight is 255 g/mol. The van der Waals surface area contributed by atoms with Crippen LogP contribution in [0.1, 0.15) is 47.0 Å². The van der Waals surface area contributed by atoms with Gasteiger partial charge in [0.2, 0.25) is 0 Å². The highest BCUT2D eigenvalue weighted by Crippen LogP contribution is 2.42. The second kappa shape index (κ2) is 5.00. The number of aliphatic carboxylic acids is 1. The van der Waals surface area contributed by atoms with E-state index in [-0.39, 0.29) is 11.1 Å². The van der Waals surface area contributed by atoms with Crippen molar-refractivity contribution >= 4 is 12.1 Å². The minimum Gasteiger partial charge on any atom is -0.477 e. The maximum Gasteiger partial charge on any atom is 0.412 e. The second-order valence-corrected chi connectivity index (χ2v) is 6.00. The smallest absolute Gasteiger partial charge is 0.412 e. The lowest BCUT2D eigenvalue weighted by atomic mass is 9.70. The molecule has 102 valence electrons. The van der Waals surface area contributed by atoms with Gasteiger partial charge < -0.3 is 9.84 Å². The number of carboxylic acids is 1. The maximum atomic E-state index is 11.5. The molecule has 1 fully saturated rings. The molecule has 0 bridgehead atoms. The zero-order chi connectivity index (χ0) is 14.0. The first kappa shape index (κ1) is 14.5. The normalized spacial score (nSPS) is 18.8. The molecule has 0 radical (unpaired) electrons. The van der Waals surface area contributed by atoms with Crippen molar-refractivity contribution in [1.82, 2.24) is 5.32 Å². The van der Waals surface area contributed by atoms with Crippen LogP contribution in [0.25, 0.3) is 0 Å². The number of alkyl carbamates (subject to hydrolysis) is 1. The van der Waals surface area contributed by atoms with Crippen molar-refractivity contribution in [3.05, 3.63) is 11.8 Å². The van der Waals surface area contributed by atoms with Crippen LogP contribution in [-0.4, -0.2) is 22.8 Å². The van der Waals surface area contributed by atoms with Crippen molar-refractivity contribution in [3.63, 3.8) is 0 Å². The predicted molar refractivity (Wildman–Crippen MR) is 67.0 cm³/mol. The third-order valence-electron chi connectivity index (χ3n) is 2.85. The Bertz CT molecular complexity index is 375. The minimum absolute atomic E-state index is 0.105. The summed E-state index contributed by atoms with van der Waals surface area (Å²) in [7, 11) is 0. The van der Waals surface area contributed by atoms with Gasteiger partial charge in [-0.1, -0.05) is 13.3 Å². The number of rotatable bonds is 3. The number of hydrogen-bond donors (Lipinski definition) is 2. The Kier molecular flexibility index (Phi) is 4.04. The highest BCUT2D eigenvalue weighted by Gasteiger charge is 2.31. The molecule has 0 atom stereocenters. The molecule has 1 saturated carbocycles. The van der Waals surface area contributed by atoms with Gasteiger partial charge in [-0.25, -0.2) is 9.59 Å². The zero-order valence-corrected chi connectivity index (χ0v) is 11.4. The van der Waals surface area contributed by atoms with Gasteiger partial charge in [0.25, 0.3) is 0 Å². The molecule has 0 aromatic carbocycles. The van der Waals surface area contributed by atoms with Crippen molar-refractivity contribution in [2.75, 3.05) is 0 Å². The van der Waals surface area contributed by atoms with Crippen molar-refractivity contribution in [2.24, 2.45) is 5.41 Å². The molecule has 0 saturated heterocycles. The lowest BCUT2D eigenvalue weighted by molar-refractivity contribution is -0.133. The van der Waals surface area contributed by atoms with Crippen LogP contribution in [0.3, 0.4) is 0 Å². The number of carbonyl (C=O) groups excluding carboxylic acids is 1. The molecular weight excluding hydrogens is 234 g/mol. The monoisotopic (exact) mass is 255 g/mol. The van der Waals surface area contributed by atoms with Crippen LogP contribution in [0, 0.1) is 5.41 Å². The molecule has 5 nitrogen and oxygen atoms in total. The number of amides is 1.